The van der Waals surface area contributed by atoms with E-state index < -0.39 is 0 Å². The first-order chi connectivity index (χ1) is 14.3. The third-order valence-electron chi connectivity index (χ3n) is 5.80. The third-order valence-corrected chi connectivity index (χ3v) is 5.80. The Bertz CT molecular complexity index is 674. The Hall–Kier alpha value is -1.33. The summed E-state index contributed by atoms with van der Waals surface area (Å²) in [4.78, 5) is 21.4. The summed E-state index contributed by atoms with van der Waals surface area (Å²) in [6, 6.07) is 4.41. The van der Waals surface area contributed by atoms with E-state index in [2.05, 4.69) is 20.4 Å². The number of likely N-dealkylation sites (tertiary alicyclic amines) is 1. The average Bonchev–Trinajstić information content (AvgIpc) is 3.31. The van der Waals surface area contributed by atoms with E-state index in [4.69, 9.17) is 14.1 Å². The lowest BCUT2D eigenvalue weighted by molar-refractivity contribution is -0.128. The monoisotopic (exact) mass is 531 g/mol. The molecule has 0 aromatic carbocycles. The van der Waals surface area contributed by atoms with Crippen molar-refractivity contribution in [3.05, 3.63) is 24.2 Å². The maximum absolute atomic E-state index is 12.2. The van der Waals surface area contributed by atoms with Crippen molar-refractivity contribution in [2.24, 2.45) is 10.9 Å². The SMILES string of the molecule is I.O=C1CC(CN=C(NCCc2ccco2)NCCN2CCOCC2)CN1C1CC1. The zero-order chi connectivity index (χ0) is 19.9. The van der Waals surface area contributed by atoms with Crippen LogP contribution in [0.1, 0.15) is 25.0 Å². The summed E-state index contributed by atoms with van der Waals surface area (Å²) >= 11 is 0. The van der Waals surface area contributed by atoms with Gasteiger partial charge in [-0.1, -0.05) is 0 Å². The Morgan fingerprint density at radius 2 is 2.00 bits per heavy atom. The van der Waals surface area contributed by atoms with Crippen LogP contribution in [0.25, 0.3) is 0 Å². The molecule has 168 valence electrons. The molecule has 8 nitrogen and oxygen atoms in total. The Morgan fingerprint density at radius 1 is 1.20 bits per heavy atom. The predicted molar refractivity (Wildman–Crippen MR) is 126 cm³/mol. The minimum atomic E-state index is 0. The van der Waals surface area contributed by atoms with Gasteiger partial charge in [-0.05, 0) is 25.0 Å². The lowest BCUT2D eigenvalue weighted by Gasteiger charge is -2.26. The molecule has 1 aromatic heterocycles. The number of amides is 1. The molecule has 1 aromatic rings. The second kappa shape index (κ2) is 11.9. The molecular weight excluding hydrogens is 497 g/mol. The topological polar surface area (TPSA) is 82.3 Å². The second-order valence-electron chi connectivity index (χ2n) is 8.17. The fraction of sp³-hybridized carbons (Fsp3) is 0.714. The standard InChI is InChI=1S/C21H33N5O3.HI/c27-20-14-17(16-26(20)18-3-4-18)15-24-21(22-6-5-19-2-1-11-29-19)23-7-8-25-9-12-28-13-10-25;/h1-2,11,17-18H,3-10,12-16H2,(H2,22,23,24);1H. The number of aliphatic imine (C=N–C) groups is 1. The first-order valence-corrected chi connectivity index (χ1v) is 10.9. The van der Waals surface area contributed by atoms with Crippen molar-refractivity contribution in [2.45, 2.75) is 31.7 Å². The van der Waals surface area contributed by atoms with Gasteiger partial charge in [0.1, 0.15) is 5.76 Å². The molecule has 2 N–H and O–H groups in total. The number of carbonyl (C=O) groups excluding carboxylic acids is 1. The Labute approximate surface area is 195 Å². The van der Waals surface area contributed by atoms with Gasteiger partial charge in [0.25, 0.3) is 0 Å². The number of ether oxygens (including phenoxy) is 1. The van der Waals surface area contributed by atoms with Gasteiger partial charge in [-0.15, -0.1) is 24.0 Å². The van der Waals surface area contributed by atoms with Crippen LogP contribution in [0.15, 0.2) is 27.8 Å². The predicted octanol–water partition coefficient (Wildman–Crippen LogP) is 1.32. The van der Waals surface area contributed by atoms with E-state index in [0.717, 1.165) is 70.6 Å². The molecule has 4 rings (SSSR count). The zero-order valence-corrected chi connectivity index (χ0v) is 19.9. The first-order valence-electron chi connectivity index (χ1n) is 10.9. The molecule has 9 heteroatoms. The van der Waals surface area contributed by atoms with Crippen LogP contribution in [0.2, 0.25) is 0 Å². The van der Waals surface area contributed by atoms with E-state index in [1.165, 1.54) is 12.8 Å². The van der Waals surface area contributed by atoms with E-state index in [-0.39, 0.29) is 24.0 Å². The van der Waals surface area contributed by atoms with Gasteiger partial charge in [0.05, 0.1) is 19.5 Å². The lowest BCUT2D eigenvalue weighted by atomic mass is 10.1. The Kier molecular flexibility index (Phi) is 9.26. The van der Waals surface area contributed by atoms with Crippen LogP contribution in [0.3, 0.4) is 0 Å². The van der Waals surface area contributed by atoms with Gasteiger partial charge in [-0.3, -0.25) is 14.7 Å². The molecule has 30 heavy (non-hydrogen) atoms. The number of nitrogens with zero attached hydrogens (tertiary/aromatic N) is 3. The Morgan fingerprint density at radius 3 is 2.73 bits per heavy atom. The fourth-order valence-electron chi connectivity index (χ4n) is 3.98. The molecule has 3 aliphatic rings. The molecule has 0 spiro atoms. The van der Waals surface area contributed by atoms with Crippen molar-refractivity contribution in [1.29, 1.82) is 0 Å². The van der Waals surface area contributed by atoms with Crippen LogP contribution in [0.5, 0.6) is 0 Å². The average molecular weight is 531 g/mol. The van der Waals surface area contributed by atoms with Gasteiger partial charge < -0.3 is 24.7 Å². The lowest BCUT2D eigenvalue weighted by Crippen LogP contribution is -2.45. The van der Waals surface area contributed by atoms with Crippen molar-refractivity contribution >= 4 is 35.8 Å². The van der Waals surface area contributed by atoms with Crippen LogP contribution < -0.4 is 10.6 Å². The fourth-order valence-corrected chi connectivity index (χ4v) is 3.98. The number of halogens is 1. The summed E-state index contributed by atoms with van der Waals surface area (Å²) < 4.78 is 10.8. The summed E-state index contributed by atoms with van der Waals surface area (Å²) in [6.07, 6.45) is 5.49. The van der Waals surface area contributed by atoms with Crippen LogP contribution in [-0.2, 0) is 16.0 Å². The smallest absolute Gasteiger partial charge is 0.223 e. The molecule has 2 saturated heterocycles. The number of rotatable bonds is 9. The molecular formula is C21H34IN5O3. The number of morpholine rings is 1. The van der Waals surface area contributed by atoms with Crippen molar-refractivity contribution < 1.29 is 13.9 Å². The van der Waals surface area contributed by atoms with E-state index in [0.29, 0.717) is 30.8 Å². The summed E-state index contributed by atoms with van der Waals surface area (Å²) in [5.74, 6) is 2.42. The molecule has 0 bridgehead atoms. The molecule has 1 unspecified atom stereocenters. The minimum absolute atomic E-state index is 0. The normalized spacial score (nSPS) is 22.8. The highest BCUT2D eigenvalue weighted by atomic mass is 127. The van der Waals surface area contributed by atoms with E-state index in [1.54, 1.807) is 6.26 Å². The van der Waals surface area contributed by atoms with Gasteiger partial charge in [0.15, 0.2) is 5.96 Å². The Balaban J connectivity index is 0.00000256. The molecule has 1 saturated carbocycles. The highest BCUT2D eigenvalue weighted by Crippen LogP contribution is 2.32. The molecule has 1 aliphatic carbocycles. The summed E-state index contributed by atoms with van der Waals surface area (Å²) in [6.45, 7) is 7.72. The van der Waals surface area contributed by atoms with Crippen molar-refractivity contribution in [3.63, 3.8) is 0 Å². The van der Waals surface area contributed by atoms with E-state index in [9.17, 15) is 4.79 Å². The molecule has 3 heterocycles. The molecule has 0 radical (unpaired) electrons. The second-order valence-corrected chi connectivity index (χ2v) is 8.17. The van der Waals surface area contributed by atoms with Gasteiger partial charge in [0, 0.05) is 70.6 Å². The van der Waals surface area contributed by atoms with Gasteiger partial charge in [-0.25, -0.2) is 0 Å². The van der Waals surface area contributed by atoms with Crippen LogP contribution in [-0.4, -0.2) is 86.7 Å². The molecule has 1 atom stereocenters. The summed E-state index contributed by atoms with van der Waals surface area (Å²) in [5, 5.41) is 6.87. The number of furan rings is 1. The third kappa shape index (κ3) is 7.12. The van der Waals surface area contributed by atoms with E-state index >= 15 is 0 Å². The molecule has 2 aliphatic heterocycles. The maximum Gasteiger partial charge on any atom is 0.223 e. The van der Waals surface area contributed by atoms with Gasteiger partial charge in [-0.2, -0.15) is 0 Å². The minimum Gasteiger partial charge on any atom is -0.469 e. The van der Waals surface area contributed by atoms with Crippen LogP contribution >= 0.6 is 24.0 Å². The van der Waals surface area contributed by atoms with Gasteiger partial charge in [0.2, 0.25) is 5.91 Å². The van der Waals surface area contributed by atoms with Crippen molar-refractivity contribution in [1.82, 2.24) is 20.4 Å². The van der Waals surface area contributed by atoms with E-state index in [1.807, 2.05) is 12.1 Å². The zero-order valence-electron chi connectivity index (χ0n) is 17.6. The van der Waals surface area contributed by atoms with Crippen molar-refractivity contribution in [2.75, 3.05) is 59.0 Å². The highest BCUT2D eigenvalue weighted by molar-refractivity contribution is 14.0. The number of guanidine groups is 1. The number of carbonyl (C=O) groups is 1. The number of hydrogen-bond donors (Lipinski definition) is 2. The number of hydrogen-bond acceptors (Lipinski definition) is 5. The summed E-state index contributed by atoms with van der Waals surface area (Å²) in [5.41, 5.74) is 0. The molecule has 3 fully saturated rings. The highest BCUT2D eigenvalue weighted by Gasteiger charge is 2.39. The van der Waals surface area contributed by atoms with Crippen LogP contribution in [0.4, 0.5) is 0 Å². The quantitative estimate of drug-likeness (QED) is 0.284. The first kappa shape index (κ1) is 23.3. The summed E-state index contributed by atoms with van der Waals surface area (Å²) in [7, 11) is 0. The van der Waals surface area contributed by atoms with Crippen LogP contribution in [0, 0.1) is 5.92 Å². The molecule has 1 amide bonds. The van der Waals surface area contributed by atoms with Crippen molar-refractivity contribution in [3.8, 4) is 0 Å². The largest absolute Gasteiger partial charge is 0.469 e. The van der Waals surface area contributed by atoms with Gasteiger partial charge >= 0.3 is 0 Å². The number of nitrogens with one attached hydrogen (secondary N) is 2. The maximum atomic E-state index is 12.2.